The van der Waals surface area contributed by atoms with E-state index in [-0.39, 0.29) is 18.8 Å². The summed E-state index contributed by atoms with van der Waals surface area (Å²) in [4.78, 5) is 23.3. The summed E-state index contributed by atoms with van der Waals surface area (Å²) in [5.74, 6) is 0.516. The number of rotatable bonds is 8. The summed E-state index contributed by atoms with van der Waals surface area (Å²) in [5, 5.41) is 0. The molecule has 0 fully saturated rings. The van der Waals surface area contributed by atoms with Crippen molar-refractivity contribution in [1.29, 1.82) is 0 Å². The maximum atomic E-state index is 11.6. The Morgan fingerprint density at radius 1 is 0.704 bits per heavy atom. The fraction of sp³-hybridized carbons (Fsp3) is 0.222. The molecule has 0 unspecified atom stereocenters. The minimum atomic E-state index is -0.507. The molecule has 0 aromatic heterocycles. The highest BCUT2D eigenvalue weighted by Crippen LogP contribution is 2.27. The first-order chi connectivity index (χ1) is 13.0. The first-order valence-corrected chi connectivity index (χ1v) is 7.82. The van der Waals surface area contributed by atoms with Crippen molar-refractivity contribution < 1.29 is 37.8 Å². The van der Waals surface area contributed by atoms with Crippen LogP contribution in [0.15, 0.2) is 36.4 Å². The van der Waals surface area contributed by atoms with Gasteiger partial charge in [-0.15, -0.1) is 0 Å². The van der Waals surface area contributed by atoms with Crippen molar-refractivity contribution in [3.8, 4) is 23.0 Å². The molecular weight excluding hydrogens is 355 g/mol. The molecule has 2 aromatic rings. The predicted molar refractivity (Wildman–Crippen MR) is 97.1 cm³/mol. The molecule has 2 aromatic carbocycles. The Bertz CT molecular complexity index is 754. The van der Waals surface area contributed by atoms with Gasteiger partial charge in [0.1, 0.15) is 34.1 Å². The van der Waals surface area contributed by atoms with Gasteiger partial charge >= 0.3 is 19.6 Å². The van der Waals surface area contributed by atoms with Gasteiger partial charge < -0.3 is 28.3 Å². The molecule has 0 saturated carbocycles. The maximum Gasteiger partial charge on any atom is 0.576 e. The number of esters is 2. The van der Waals surface area contributed by atoms with Gasteiger partial charge in [-0.2, -0.15) is 0 Å². The zero-order valence-corrected chi connectivity index (χ0v) is 15.4. The number of methoxy groups -OCH3 is 4. The summed E-state index contributed by atoms with van der Waals surface area (Å²) in [5.41, 5.74) is 0.577. The Balaban J connectivity index is 2.04. The minimum Gasteiger partial charge on any atom is -0.528 e. The zero-order chi connectivity index (χ0) is 19.8. The monoisotopic (exact) mass is 374 g/mol. The van der Waals surface area contributed by atoms with E-state index in [9.17, 15) is 9.59 Å². The van der Waals surface area contributed by atoms with E-state index in [1.54, 1.807) is 24.3 Å². The molecule has 0 N–H and O–H groups in total. The highest BCUT2D eigenvalue weighted by atomic mass is 16.6. The number of carbonyl (C=O) groups is 2. The predicted octanol–water partition coefficient (Wildman–Crippen LogP) is 2.00. The largest absolute Gasteiger partial charge is 0.576 e. The van der Waals surface area contributed by atoms with E-state index in [0.717, 1.165) is 0 Å². The van der Waals surface area contributed by atoms with Crippen LogP contribution in [0.4, 0.5) is 0 Å². The number of ether oxygens (including phenoxy) is 4. The number of carbonyl (C=O) groups excluding carboxylic acids is 2. The van der Waals surface area contributed by atoms with E-state index in [1.807, 2.05) is 0 Å². The van der Waals surface area contributed by atoms with Crippen LogP contribution in [-0.2, 0) is 9.47 Å². The van der Waals surface area contributed by atoms with Crippen molar-refractivity contribution in [3.63, 3.8) is 0 Å². The third kappa shape index (κ3) is 4.84. The highest BCUT2D eigenvalue weighted by molar-refractivity contribution is 6.20. The van der Waals surface area contributed by atoms with Crippen LogP contribution in [-0.4, -0.2) is 48.1 Å². The molecule has 8 nitrogen and oxygen atoms in total. The van der Waals surface area contributed by atoms with Crippen molar-refractivity contribution in [2.24, 2.45) is 0 Å². The van der Waals surface area contributed by atoms with E-state index < -0.39 is 11.9 Å². The van der Waals surface area contributed by atoms with Gasteiger partial charge in [0, 0.05) is 12.1 Å². The Hall–Kier alpha value is -3.36. The van der Waals surface area contributed by atoms with Crippen molar-refractivity contribution in [2.45, 2.75) is 0 Å². The Morgan fingerprint density at radius 3 is 1.44 bits per heavy atom. The lowest BCUT2D eigenvalue weighted by molar-refractivity contribution is 0.0588. The van der Waals surface area contributed by atoms with Crippen LogP contribution < -0.4 is 18.8 Å². The quantitative estimate of drug-likeness (QED) is 0.512. The smallest absolute Gasteiger partial charge is 0.528 e. The van der Waals surface area contributed by atoms with Gasteiger partial charge in [-0.3, -0.25) is 0 Å². The molecule has 0 radical (unpaired) electrons. The van der Waals surface area contributed by atoms with Gasteiger partial charge in [-0.25, -0.2) is 9.59 Å². The van der Waals surface area contributed by atoms with Gasteiger partial charge in [0.05, 0.1) is 28.4 Å². The van der Waals surface area contributed by atoms with Gasteiger partial charge in [0.15, 0.2) is 0 Å². The summed E-state index contributed by atoms with van der Waals surface area (Å²) in [6.07, 6.45) is 0. The highest BCUT2D eigenvalue weighted by Gasteiger charge is 2.15. The molecule has 0 heterocycles. The molecule has 0 amide bonds. The van der Waals surface area contributed by atoms with Crippen molar-refractivity contribution in [2.75, 3.05) is 28.4 Å². The first-order valence-electron chi connectivity index (χ1n) is 7.82. The van der Waals surface area contributed by atoms with Gasteiger partial charge in [0.25, 0.3) is 0 Å². The molecule has 0 saturated heterocycles. The summed E-state index contributed by atoms with van der Waals surface area (Å²) in [6.45, 7) is 0. The van der Waals surface area contributed by atoms with E-state index in [0.29, 0.717) is 23.0 Å². The summed E-state index contributed by atoms with van der Waals surface area (Å²) in [6, 6.07) is 9.37. The van der Waals surface area contributed by atoms with Crippen molar-refractivity contribution in [3.05, 3.63) is 47.5 Å². The molecule has 2 rings (SSSR count). The molecule has 0 bridgehead atoms. The fourth-order valence-corrected chi connectivity index (χ4v) is 2.25. The SMILES string of the molecule is COC(=O)c1ccc(OBOc2ccc(C(=O)OC)c(OC)c2)cc1OC. The lowest BCUT2D eigenvalue weighted by atomic mass is 10.1. The molecular formula is C18H19BO8. The normalized spacial score (nSPS) is 9.78. The molecule has 142 valence electrons. The molecule has 9 heteroatoms. The molecule has 0 aliphatic carbocycles. The van der Waals surface area contributed by atoms with Crippen LogP contribution in [0.3, 0.4) is 0 Å². The molecule has 0 spiro atoms. The summed E-state index contributed by atoms with van der Waals surface area (Å²) >= 11 is 0. The first kappa shape index (κ1) is 20.0. The number of hydrogen-bond acceptors (Lipinski definition) is 8. The van der Waals surface area contributed by atoms with E-state index in [1.165, 1.54) is 40.6 Å². The lowest BCUT2D eigenvalue weighted by Gasteiger charge is -2.12. The number of hydrogen-bond donors (Lipinski definition) is 0. The zero-order valence-electron chi connectivity index (χ0n) is 15.4. The average Bonchev–Trinajstić information content (AvgIpc) is 2.72. The Labute approximate surface area is 157 Å². The van der Waals surface area contributed by atoms with Crippen LogP contribution in [0.1, 0.15) is 20.7 Å². The van der Waals surface area contributed by atoms with Crippen molar-refractivity contribution in [1.82, 2.24) is 0 Å². The molecule has 27 heavy (non-hydrogen) atoms. The molecule has 0 atom stereocenters. The standard InChI is InChI=1S/C18H19BO8/c1-22-15-9-11(5-7-13(15)17(20)24-3)26-19-27-12-6-8-14(18(21)25-4)16(10-12)23-2/h5-10,19H,1-4H3. The third-order valence-electron chi connectivity index (χ3n) is 3.61. The fourth-order valence-electron chi connectivity index (χ4n) is 2.25. The van der Waals surface area contributed by atoms with Crippen LogP contribution in [0, 0.1) is 0 Å². The second kappa shape index (κ2) is 9.37. The van der Waals surface area contributed by atoms with Crippen molar-refractivity contribution >= 4 is 19.6 Å². The summed E-state index contributed by atoms with van der Waals surface area (Å²) in [7, 11) is 5.36. The second-order valence-electron chi connectivity index (χ2n) is 5.11. The third-order valence-corrected chi connectivity index (χ3v) is 3.61. The van der Waals surface area contributed by atoms with Crippen LogP contribution >= 0.6 is 0 Å². The van der Waals surface area contributed by atoms with Gasteiger partial charge in [-0.05, 0) is 24.3 Å². The Kier molecular flexibility index (Phi) is 6.93. The Morgan fingerprint density at radius 2 is 1.11 bits per heavy atom. The topological polar surface area (TPSA) is 89.5 Å². The van der Waals surface area contributed by atoms with E-state index >= 15 is 0 Å². The molecule has 0 aliphatic rings. The summed E-state index contributed by atoms with van der Waals surface area (Å²) < 4.78 is 30.7. The van der Waals surface area contributed by atoms with E-state index in [4.69, 9.17) is 18.8 Å². The van der Waals surface area contributed by atoms with E-state index in [2.05, 4.69) is 9.47 Å². The average molecular weight is 374 g/mol. The second-order valence-corrected chi connectivity index (χ2v) is 5.11. The van der Waals surface area contributed by atoms with Gasteiger partial charge in [0.2, 0.25) is 0 Å². The van der Waals surface area contributed by atoms with Crippen LogP contribution in [0.25, 0.3) is 0 Å². The minimum absolute atomic E-state index is 0.110. The van der Waals surface area contributed by atoms with Crippen LogP contribution in [0.2, 0.25) is 0 Å². The van der Waals surface area contributed by atoms with Crippen LogP contribution in [0.5, 0.6) is 23.0 Å². The lowest BCUT2D eigenvalue weighted by Crippen LogP contribution is -2.12. The maximum absolute atomic E-state index is 11.6. The van der Waals surface area contributed by atoms with Gasteiger partial charge in [-0.1, -0.05) is 0 Å². The molecule has 0 aliphatic heterocycles. The number of benzene rings is 2.